The molecule has 0 atom stereocenters. The molecule has 2 aliphatic heterocycles. The van der Waals surface area contributed by atoms with Gasteiger partial charge in [-0.1, -0.05) is 6.08 Å². The Morgan fingerprint density at radius 3 is 2.60 bits per heavy atom. The summed E-state index contributed by atoms with van der Waals surface area (Å²) in [4.78, 5) is 1.80. The second-order valence-electron chi connectivity index (χ2n) is 6.46. The van der Waals surface area contributed by atoms with Crippen LogP contribution in [0.2, 0.25) is 0 Å². The summed E-state index contributed by atoms with van der Waals surface area (Å²) in [6, 6.07) is 2.58. The molecule has 0 bridgehead atoms. The lowest BCUT2D eigenvalue weighted by atomic mass is 10.1. The molecule has 0 aliphatic carbocycles. The maximum Gasteiger partial charge on any atom is 0.416 e. The number of alkyl halides is 3. The number of nitrogens with one attached hydrogen (secondary N) is 2. The smallest absolute Gasteiger partial charge is 0.334 e. The first-order valence-electron chi connectivity index (χ1n) is 8.47. The lowest BCUT2D eigenvalue weighted by Crippen LogP contribution is -2.34. The first-order valence-corrected chi connectivity index (χ1v) is 8.47. The Kier molecular flexibility index (Phi) is 4.16. The summed E-state index contributed by atoms with van der Waals surface area (Å²) in [7, 11) is 0. The fourth-order valence-electron chi connectivity index (χ4n) is 3.54. The van der Waals surface area contributed by atoms with Crippen LogP contribution in [-0.4, -0.2) is 36.1 Å². The Morgan fingerprint density at radius 1 is 1.12 bits per heavy atom. The molecule has 2 N–H and O–H groups in total. The van der Waals surface area contributed by atoms with Crippen molar-refractivity contribution in [3.05, 3.63) is 36.2 Å². The molecule has 0 saturated carbocycles. The number of hydrogen-bond donors (Lipinski definition) is 2. The Labute approximate surface area is 143 Å². The Morgan fingerprint density at radius 2 is 1.92 bits per heavy atom. The molecule has 4 rings (SSSR count). The maximum atomic E-state index is 13.5. The van der Waals surface area contributed by atoms with Gasteiger partial charge in [-0.2, -0.15) is 18.3 Å². The third kappa shape index (κ3) is 3.11. The van der Waals surface area contributed by atoms with E-state index >= 15 is 0 Å². The van der Waals surface area contributed by atoms with E-state index in [1.807, 2.05) is 12.3 Å². The van der Waals surface area contributed by atoms with Gasteiger partial charge in [-0.3, -0.25) is 10.00 Å². The van der Waals surface area contributed by atoms with Crippen LogP contribution in [0.1, 0.15) is 24.4 Å². The first-order chi connectivity index (χ1) is 12.0. The maximum absolute atomic E-state index is 13.5. The lowest BCUT2D eigenvalue weighted by Gasteiger charge is -2.27. The van der Waals surface area contributed by atoms with Crippen molar-refractivity contribution >= 4 is 16.6 Å². The number of fused-ring (bicyclic) bond motifs is 1. The average Bonchev–Trinajstić information content (AvgIpc) is 3.06. The monoisotopic (exact) mass is 351 g/mol. The Hall–Kier alpha value is -2.06. The molecule has 0 radical (unpaired) electrons. The summed E-state index contributed by atoms with van der Waals surface area (Å²) in [6.45, 7) is 2.91. The highest BCUT2D eigenvalue weighted by molar-refractivity contribution is 5.93. The predicted octanol–water partition coefficient (Wildman–Crippen LogP) is 2.86. The molecule has 1 saturated heterocycles. The third-order valence-corrected chi connectivity index (χ3v) is 4.82. The number of hydrogen-bond acceptors (Lipinski definition) is 4. The van der Waals surface area contributed by atoms with E-state index in [2.05, 4.69) is 15.7 Å². The van der Waals surface area contributed by atoms with Crippen LogP contribution in [0.5, 0.6) is 0 Å². The Bertz CT molecular complexity index is 789. The van der Waals surface area contributed by atoms with Crippen LogP contribution in [0.15, 0.2) is 30.6 Å². The minimum absolute atomic E-state index is 0.130. The molecule has 0 spiro atoms. The summed E-state index contributed by atoms with van der Waals surface area (Å²) in [5.41, 5.74) is 0.453. The molecule has 1 aromatic heterocycles. The van der Waals surface area contributed by atoms with Crippen LogP contribution in [-0.2, 0) is 6.18 Å². The zero-order chi connectivity index (χ0) is 17.4. The van der Waals surface area contributed by atoms with Crippen LogP contribution < -0.4 is 15.5 Å². The van der Waals surface area contributed by atoms with Crippen molar-refractivity contribution in [2.24, 2.45) is 0 Å². The van der Waals surface area contributed by atoms with Gasteiger partial charge in [-0.15, -0.1) is 0 Å². The van der Waals surface area contributed by atoms with Crippen molar-refractivity contribution in [1.82, 2.24) is 20.4 Å². The van der Waals surface area contributed by atoms with Gasteiger partial charge in [0.15, 0.2) is 0 Å². The van der Waals surface area contributed by atoms with Gasteiger partial charge in [-0.25, -0.2) is 0 Å². The van der Waals surface area contributed by atoms with Crippen LogP contribution in [0.25, 0.3) is 10.9 Å². The van der Waals surface area contributed by atoms with Crippen LogP contribution >= 0.6 is 0 Å². The summed E-state index contributed by atoms with van der Waals surface area (Å²) < 4.78 is 42.1. The molecule has 0 unspecified atom stereocenters. The van der Waals surface area contributed by atoms with E-state index in [9.17, 15) is 13.2 Å². The van der Waals surface area contributed by atoms with Gasteiger partial charge >= 0.3 is 6.18 Å². The summed E-state index contributed by atoms with van der Waals surface area (Å²) in [5.74, 6) is 0. The molecule has 1 fully saturated rings. The summed E-state index contributed by atoms with van der Waals surface area (Å²) >= 11 is 0. The molecular weight excluding hydrogens is 331 g/mol. The van der Waals surface area contributed by atoms with E-state index in [1.165, 1.54) is 12.1 Å². The highest BCUT2D eigenvalue weighted by atomic mass is 19.4. The van der Waals surface area contributed by atoms with Gasteiger partial charge in [0.2, 0.25) is 0 Å². The van der Waals surface area contributed by atoms with Gasteiger partial charge in [0, 0.05) is 18.1 Å². The molecule has 5 nitrogen and oxygen atoms in total. The van der Waals surface area contributed by atoms with Crippen molar-refractivity contribution in [3.63, 3.8) is 0 Å². The van der Waals surface area contributed by atoms with Crippen molar-refractivity contribution in [3.8, 4) is 0 Å². The van der Waals surface area contributed by atoms with Crippen molar-refractivity contribution in [2.75, 3.05) is 31.2 Å². The normalized spacial score (nSPS) is 19.7. The van der Waals surface area contributed by atoms with Crippen molar-refractivity contribution in [1.29, 1.82) is 0 Å². The van der Waals surface area contributed by atoms with E-state index < -0.39 is 11.7 Å². The number of nitrogens with zero attached hydrogens (tertiary/aromatic N) is 3. The van der Waals surface area contributed by atoms with E-state index in [0.29, 0.717) is 24.4 Å². The zero-order valence-electron chi connectivity index (χ0n) is 13.7. The minimum atomic E-state index is -4.39. The number of piperidine rings is 1. The number of halogens is 3. The summed E-state index contributed by atoms with van der Waals surface area (Å²) in [6.07, 6.45) is 2.76. The first kappa shape index (κ1) is 16.4. The van der Waals surface area contributed by atoms with E-state index in [0.717, 1.165) is 31.3 Å². The quantitative estimate of drug-likeness (QED) is 0.873. The van der Waals surface area contributed by atoms with Gasteiger partial charge in [0.25, 0.3) is 0 Å². The highest BCUT2D eigenvalue weighted by Crippen LogP contribution is 2.38. The van der Waals surface area contributed by atoms with Gasteiger partial charge in [0.1, 0.15) is 0 Å². The molecule has 134 valence electrons. The molecule has 25 heavy (non-hydrogen) atoms. The second kappa shape index (κ2) is 6.34. The molecule has 2 aromatic rings. The predicted molar refractivity (Wildman–Crippen MR) is 90.4 cm³/mol. The SMILES string of the molecule is FC(F)(F)c1cc(N2C=CCNC2)c2cnn(C3CCNCC3)c2c1. The standard InChI is InChI=1S/C17H20F3N5/c18-17(19,20)12-8-15(24-7-1-4-22-11-24)14-10-23-25(16(14)9-12)13-2-5-21-6-3-13/h1,7-10,13,21-22H,2-6,11H2. The van der Waals surface area contributed by atoms with Crippen LogP contribution in [0.3, 0.4) is 0 Å². The largest absolute Gasteiger partial charge is 0.416 e. The van der Waals surface area contributed by atoms with Crippen LogP contribution in [0.4, 0.5) is 18.9 Å². The van der Waals surface area contributed by atoms with Gasteiger partial charge < -0.3 is 10.2 Å². The highest BCUT2D eigenvalue weighted by Gasteiger charge is 2.33. The van der Waals surface area contributed by atoms with E-state index in [4.69, 9.17) is 0 Å². The van der Waals surface area contributed by atoms with Crippen LogP contribution in [0, 0.1) is 0 Å². The number of benzene rings is 1. The van der Waals surface area contributed by atoms with Crippen molar-refractivity contribution < 1.29 is 13.2 Å². The number of rotatable bonds is 2. The third-order valence-electron chi connectivity index (χ3n) is 4.82. The number of aromatic nitrogens is 2. The molecule has 2 aliphatic rings. The molecule has 1 aromatic carbocycles. The topological polar surface area (TPSA) is 45.1 Å². The summed E-state index contributed by atoms with van der Waals surface area (Å²) in [5, 5.41) is 11.6. The van der Waals surface area contributed by atoms with Gasteiger partial charge in [0.05, 0.1) is 35.7 Å². The lowest BCUT2D eigenvalue weighted by molar-refractivity contribution is -0.137. The van der Waals surface area contributed by atoms with Crippen molar-refractivity contribution in [2.45, 2.75) is 25.1 Å². The minimum Gasteiger partial charge on any atom is -0.334 e. The zero-order valence-corrected chi connectivity index (χ0v) is 13.7. The molecule has 8 heteroatoms. The van der Waals surface area contributed by atoms with E-state index in [1.54, 1.807) is 15.8 Å². The fourth-order valence-corrected chi connectivity index (χ4v) is 3.54. The number of anilines is 1. The average molecular weight is 351 g/mol. The fraction of sp³-hybridized carbons (Fsp3) is 0.471. The van der Waals surface area contributed by atoms with Gasteiger partial charge in [-0.05, 0) is 38.1 Å². The Balaban J connectivity index is 1.87. The van der Waals surface area contributed by atoms with E-state index in [-0.39, 0.29) is 6.04 Å². The molecule has 0 amide bonds. The second-order valence-corrected chi connectivity index (χ2v) is 6.46. The molecule has 3 heterocycles. The molecular formula is C17H20F3N5.